The summed E-state index contributed by atoms with van der Waals surface area (Å²) in [5.41, 5.74) is 16.1. The molecule has 0 saturated heterocycles. The molecular formula is C15H30N6O4. The van der Waals surface area contributed by atoms with Crippen LogP contribution >= 0.6 is 0 Å². The Bertz CT molecular complexity index is 483. The second-order valence-electron chi connectivity index (χ2n) is 6.00. The van der Waals surface area contributed by atoms with Crippen molar-refractivity contribution >= 4 is 23.6 Å². The summed E-state index contributed by atoms with van der Waals surface area (Å²) in [6.07, 6.45) is 1.73. The number of unbranched alkanes of at least 4 members (excludes halogenated alkanes) is 1. The van der Waals surface area contributed by atoms with E-state index in [-0.39, 0.29) is 0 Å². The first-order chi connectivity index (χ1) is 11.6. The number of rotatable bonds is 11. The first-order valence-corrected chi connectivity index (χ1v) is 8.26. The van der Waals surface area contributed by atoms with Gasteiger partial charge in [0, 0.05) is 0 Å². The molecule has 0 saturated carbocycles. The van der Waals surface area contributed by atoms with Crippen molar-refractivity contribution in [3.8, 4) is 0 Å². The van der Waals surface area contributed by atoms with Gasteiger partial charge in [-0.1, -0.05) is 0 Å². The van der Waals surface area contributed by atoms with Crippen molar-refractivity contribution in [3.63, 3.8) is 0 Å². The number of hydrogen-bond acceptors (Lipinski definition) is 6. The molecule has 0 unspecified atom stereocenters. The lowest BCUT2D eigenvalue weighted by Crippen LogP contribution is -2.55. The standard InChI is InChI=1S/C15H30N6O4/c1-8(17)13(23)19-9(2)14(24)20-10(3)15(25)21-11(12(18)22)6-4-5-7-16/h8-11H,4-7,16-17H2,1-3H3,(H2,18,22)(H,19,23)(H,20,24)(H,21,25)/t8-,9-,10-,11-/m0/s1. The van der Waals surface area contributed by atoms with E-state index in [2.05, 4.69) is 16.0 Å². The van der Waals surface area contributed by atoms with Gasteiger partial charge in [-0.15, -0.1) is 0 Å². The second kappa shape index (κ2) is 11.4. The predicted molar refractivity (Wildman–Crippen MR) is 92.9 cm³/mol. The maximum absolute atomic E-state index is 12.1. The zero-order valence-corrected chi connectivity index (χ0v) is 15.0. The average Bonchev–Trinajstić information content (AvgIpc) is 2.53. The molecule has 0 aromatic carbocycles. The maximum atomic E-state index is 12.1. The third kappa shape index (κ3) is 9.01. The summed E-state index contributed by atoms with van der Waals surface area (Å²) in [4.78, 5) is 47.0. The van der Waals surface area contributed by atoms with E-state index in [0.29, 0.717) is 25.8 Å². The molecule has 0 radical (unpaired) electrons. The summed E-state index contributed by atoms with van der Waals surface area (Å²) in [7, 11) is 0. The highest BCUT2D eigenvalue weighted by atomic mass is 16.2. The first kappa shape index (κ1) is 22.8. The van der Waals surface area contributed by atoms with Gasteiger partial charge < -0.3 is 33.2 Å². The van der Waals surface area contributed by atoms with Gasteiger partial charge in [0.2, 0.25) is 23.6 Å². The molecule has 0 aromatic heterocycles. The quantitative estimate of drug-likeness (QED) is 0.221. The van der Waals surface area contributed by atoms with Crippen LogP contribution in [-0.2, 0) is 19.2 Å². The summed E-state index contributed by atoms with van der Waals surface area (Å²) in [6, 6.07) is -3.34. The molecule has 25 heavy (non-hydrogen) atoms. The van der Waals surface area contributed by atoms with E-state index in [4.69, 9.17) is 17.2 Å². The molecule has 0 aromatic rings. The van der Waals surface area contributed by atoms with Gasteiger partial charge in [-0.05, 0) is 46.6 Å². The van der Waals surface area contributed by atoms with Gasteiger partial charge in [0.25, 0.3) is 0 Å². The number of nitrogens with two attached hydrogens (primary N) is 3. The molecular weight excluding hydrogens is 328 g/mol. The normalized spacial score (nSPS) is 15.4. The highest BCUT2D eigenvalue weighted by molar-refractivity contribution is 5.94. The molecule has 4 amide bonds. The minimum Gasteiger partial charge on any atom is -0.368 e. The van der Waals surface area contributed by atoms with E-state index in [9.17, 15) is 19.2 Å². The molecule has 0 rings (SSSR count). The Morgan fingerprint density at radius 2 is 1.32 bits per heavy atom. The van der Waals surface area contributed by atoms with E-state index in [1.54, 1.807) is 0 Å². The third-order valence-electron chi connectivity index (χ3n) is 3.52. The highest BCUT2D eigenvalue weighted by Crippen LogP contribution is 2.01. The van der Waals surface area contributed by atoms with E-state index < -0.39 is 47.8 Å². The molecule has 0 heterocycles. The first-order valence-electron chi connectivity index (χ1n) is 8.26. The number of carbonyl (C=O) groups excluding carboxylic acids is 4. The van der Waals surface area contributed by atoms with Gasteiger partial charge in [-0.3, -0.25) is 19.2 Å². The summed E-state index contributed by atoms with van der Waals surface area (Å²) in [6.45, 7) is 4.91. The largest absolute Gasteiger partial charge is 0.368 e. The predicted octanol–water partition coefficient (Wildman–Crippen LogP) is -2.56. The van der Waals surface area contributed by atoms with Gasteiger partial charge in [0.15, 0.2) is 0 Å². The smallest absolute Gasteiger partial charge is 0.242 e. The molecule has 0 aliphatic carbocycles. The Morgan fingerprint density at radius 1 is 0.840 bits per heavy atom. The van der Waals surface area contributed by atoms with Gasteiger partial charge in [0.05, 0.1) is 6.04 Å². The van der Waals surface area contributed by atoms with Crippen LogP contribution in [-0.4, -0.2) is 54.3 Å². The van der Waals surface area contributed by atoms with Crippen LogP contribution in [0.1, 0.15) is 40.0 Å². The lowest BCUT2D eigenvalue weighted by Gasteiger charge is -2.21. The topological polar surface area (TPSA) is 182 Å². The summed E-state index contributed by atoms with van der Waals surface area (Å²) in [5, 5.41) is 7.38. The lowest BCUT2D eigenvalue weighted by atomic mass is 10.1. The number of carbonyl (C=O) groups is 4. The van der Waals surface area contributed by atoms with E-state index >= 15 is 0 Å². The number of nitrogens with one attached hydrogen (secondary N) is 3. The van der Waals surface area contributed by atoms with Gasteiger partial charge in [-0.2, -0.15) is 0 Å². The van der Waals surface area contributed by atoms with Crippen molar-refractivity contribution in [1.29, 1.82) is 0 Å². The molecule has 4 atom stereocenters. The molecule has 0 aliphatic rings. The van der Waals surface area contributed by atoms with E-state index in [1.165, 1.54) is 20.8 Å². The number of hydrogen-bond donors (Lipinski definition) is 6. The summed E-state index contributed by atoms with van der Waals surface area (Å²) in [5.74, 6) is -2.22. The van der Waals surface area contributed by atoms with Crippen molar-refractivity contribution in [2.75, 3.05) is 6.54 Å². The Balaban J connectivity index is 4.53. The van der Waals surface area contributed by atoms with Crippen molar-refractivity contribution < 1.29 is 19.2 Å². The fourth-order valence-corrected chi connectivity index (χ4v) is 1.89. The minimum absolute atomic E-state index is 0.375. The fraction of sp³-hybridized carbons (Fsp3) is 0.733. The van der Waals surface area contributed by atoms with Crippen molar-refractivity contribution in [3.05, 3.63) is 0 Å². The average molecular weight is 358 g/mol. The van der Waals surface area contributed by atoms with Crippen LogP contribution in [0.4, 0.5) is 0 Å². The Labute approximate surface area is 147 Å². The molecule has 10 heteroatoms. The lowest BCUT2D eigenvalue weighted by molar-refractivity contribution is -0.132. The highest BCUT2D eigenvalue weighted by Gasteiger charge is 2.24. The molecule has 0 spiro atoms. The van der Waals surface area contributed by atoms with Gasteiger partial charge >= 0.3 is 0 Å². The van der Waals surface area contributed by atoms with Crippen LogP contribution in [0.15, 0.2) is 0 Å². The van der Waals surface area contributed by atoms with Crippen molar-refractivity contribution in [2.24, 2.45) is 17.2 Å². The van der Waals surface area contributed by atoms with Crippen LogP contribution in [0, 0.1) is 0 Å². The van der Waals surface area contributed by atoms with Crippen LogP contribution in [0.3, 0.4) is 0 Å². The zero-order valence-electron chi connectivity index (χ0n) is 15.0. The number of amides is 4. The summed E-state index contributed by atoms with van der Waals surface area (Å²) < 4.78 is 0. The van der Waals surface area contributed by atoms with Crippen LogP contribution in [0.2, 0.25) is 0 Å². The zero-order chi connectivity index (χ0) is 19.6. The van der Waals surface area contributed by atoms with Gasteiger partial charge in [-0.25, -0.2) is 0 Å². The van der Waals surface area contributed by atoms with Crippen molar-refractivity contribution in [1.82, 2.24) is 16.0 Å². The van der Waals surface area contributed by atoms with E-state index in [1.807, 2.05) is 0 Å². The van der Waals surface area contributed by atoms with E-state index in [0.717, 1.165) is 0 Å². The Morgan fingerprint density at radius 3 is 1.76 bits per heavy atom. The Kier molecular flexibility index (Phi) is 10.4. The van der Waals surface area contributed by atoms with Crippen molar-refractivity contribution in [2.45, 2.75) is 64.2 Å². The minimum atomic E-state index is -0.904. The Hall–Kier alpha value is -2.20. The van der Waals surface area contributed by atoms with Crippen LogP contribution < -0.4 is 33.2 Å². The molecule has 0 bridgehead atoms. The fourth-order valence-electron chi connectivity index (χ4n) is 1.89. The molecule has 0 fully saturated rings. The second-order valence-corrected chi connectivity index (χ2v) is 6.00. The molecule has 9 N–H and O–H groups in total. The summed E-state index contributed by atoms with van der Waals surface area (Å²) >= 11 is 0. The monoisotopic (exact) mass is 358 g/mol. The SMILES string of the molecule is C[C@H](N)C(=O)N[C@@H](C)C(=O)N[C@@H](C)C(=O)N[C@@H](CCCCN)C(N)=O. The van der Waals surface area contributed by atoms with Crippen LogP contribution in [0.25, 0.3) is 0 Å². The molecule has 144 valence electrons. The molecule has 10 nitrogen and oxygen atoms in total. The van der Waals surface area contributed by atoms with Crippen LogP contribution in [0.5, 0.6) is 0 Å². The van der Waals surface area contributed by atoms with Gasteiger partial charge in [0.1, 0.15) is 18.1 Å². The maximum Gasteiger partial charge on any atom is 0.242 e. The number of primary amides is 1. The molecule has 0 aliphatic heterocycles. The third-order valence-corrected chi connectivity index (χ3v) is 3.52.